The van der Waals surface area contributed by atoms with E-state index in [1.54, 1.807) is 11.8 Å². The maximum atomic E-state index is 15.8. The number of allylic oxidation sites excluding steroid dienone is 1. The van der Waals surface area contributed by atoms with Gasteiger partial charge in [0.25, 0.3) is 0 Å². The molecule has 1 fully saturated rings. The van der Waals surface area contributed by atoms with Crippen LogP contribution in [0.25, 0.3) is 17.0 Å². The summed E-state index contributed by atoms with van der Waals surface area (Å²) in [5.74, 6) is -2.63. The van der Waals surface area contributed by atoms with E-state index in [-0.39, 0.29) is 58.8 Å². The molecular weight excluding hydrogens is 496 g/mol. The van der Waals surface area contributed by atoms with Crippen LogP contribution < -0.4 is 10.3 Å². The Balaban J connectivity index is 1.73. The molecule has 0 aliphatic carbocycles. The van der Waals surface area contributed by atoms with Gasteiger partial charge in [-0.1, -0.05) is 18.2 Å². The molecule has 8 nitrogen and oxygen atoms in total. The van der Waals surface area contributed by atoms with Gasteiger partial charge in [-0.15, -0.1) is 0 Å². The van der Waals surface area contributed by atoms with Gasteiger partial charge in [0, 0.05) is 57.0 Å². The van der Waals surface area contributed by atoms with Crippen molar-refractivity contribution >= 4 is 46.9 Å². The minimum absolute atomic E-state index is 0.108. The second-order valence-electron chi connectivity index (χ2n) is 8.89. The fraction of sp³-hybridized carbons (Fsp3) is 0.250. The first kappa shape index (κ1) is 26.6. The number of carbonyl (C=O) groups excluding carboxylic acids is 4. The minimum Gasteiger partial charge on any atom is -0.363 e. The third kappa shape index (κ3) is 4.89. The van der Waals surface area contributed by atoms with Gasteiger partial charge in [0.1, 0.15) is 11.5 Å². The summed E-state index contributed by atoms with van der Waals surface area (Å²) in [6.07, 6.45) is 4.83. The number of ketones is 1. The Labute approximate surface area is 216 Å². The predicted octanol–water partition coefficient (Wildman–Crippen LogP) is 3.49. The maximum absolute atomic E-state index is 15.8. The number of rotatable bonds is 7. The topological polar surface area (TPSA) is 96.8 Å². The van der Waals surface area contributed by atoms with Gasteiger partial charge in [-0.2, -0.15) is 0 Å². The maximum Gasteiger partial charge on any atom is 0.219 e. The third-order valence-electron chi connectivity index (χ3n) is 6.67. The monoisotopic (exact) mass is 521 g/mol. The van der Waals surface area contributed by atoms with Crippen LogP contribution in [0.2, 0.25) is 0 Å². The van der Waals surface area contributed by atoms with Crippen molar-refractivity contribution in [3.8, 4) is 0 Å². The number of benzene rings is 2. The molecule has 1 aromatic heterocycles. The van der Waals surface area contributed by atoms with E-state index in [2.05, 4.69) is 0 Å². The fourth-order valence-corrected chi connectivity index (χ4v) is 4.60. The van der Waals surface area contributed by atoms with Crippen molar-refractivity contribution in [2.24, 2.45) is 0 Å². The van der Waals surface area contributed by atoms with E-state index in [1.807, 2.05) is 0 Å². The van der Waals surface area contributed by atoms with Crippen LogP contribution >= 0.6 is 0 Å². The van der Waals surface area contributed by atoms with Crippen LogP contribution in [0, 0.1) is 11.6 Å². The van der Waals surface area contributed by atoms with Crippen LogP contribution in [-0.4, -0.2) is 59.9 Å². The van der Waals surface area contributed by atoms with E-state index in [0.29, 0.717) is 31.2 Å². The van der Waals surface area contributed by atoms with Gasteiger partial charge >= 0.3 is 0 Å². The molecule has 0 radical (unpaired) electrons. The van der Waals surface area contributed by atoms with Crippen LogP contribution in [0.5, 0.6) is 0 Å². The van der Waals surface area contributed by atoms with Crippen LogP contribution in [0.1, 0.15) is 50.5 Å². The molecule has 0 unspecified atom stereocenters. The molecule has 0 saturated carbocycles. The Morgan fingerprint density at radius 1 is 1.00 bits per heavy atom. The molecule has 1 saturated heterocycles. The Morgan fingerprint density at radius 2 is 1.68 bits per heavy atom. The average Bonchev–Trinajstić information content (AvgIpc) is 2.92. The summed E-state index contributed by atoms with van der Waals surface area (Å²) >= 11 is 0. The molecule has 2 aromatic carbocycles. The number of fused-ring (bicyclic) bond motifs is 1. The zero-order chi connectivity index (χ0) is 27.6. The number of pyridine rings is 1. The first-order chi connectivity index (χ1) is 18.2. The van der Waals surface area contributed by atoms with E-state index >= 15 is 8.78 Å². The number of aryl methyl sites for hydroxylation is 1. The van der Waals surface area contributed by atoms with Crippen LogP contribution in [0.4, 0.5) is 14.5 Å². The molecule has 38 heavy (non-hydrogen) atoms. The molecule has 10 heteroatoms. The van der Waals surface area contributed by atoms with Crippen molar-refractivity contribution in [1.29, 1.82) is 0 Å². The smallest absolute Gasteiger partial charge is 0.219 e. The first-order valence-electron chi connectivity index (χ1n) is 12.0. The second-order valence-corrected chi connectivity index (χ2v) is 8.89. The molecule has 2 heterocycles. The van der Waals surface area contributed by atoms with Gasteiger partial charge < -0.3 is 14.4 Å². The van der Waals surface area contributed by atoms with Crippen molar-refractivity contribution in [1.82, 2.24) is 9.47 Å². The van der Waals surface area contributed by atoms with Gasteiger partial charge in [-0.25, -0.2) is 8.78 Å². The Hall–Kier alpha value is -4.47. The number of piperazine rings is 1. The minimum atomic E-state index is -0.928. The SMILES string of the molecule is CCn1cc(C(=O)C=Cc2ccc(C=O)c(C=O)c2)c(=O)c2cc(F)c(N3CCN(C(C)=O)CC3)c(F)c21. The molecule has 1 aliphatic rings. The summed E-state index contributed by atoms with van der Waals surface area (Å²) in [6, 6.07) is 5.35. The molecule has 3 aromatic rings. The highest BCUT2D eigenvalue weighted by molar-refractivity contribution is 6.08. The standard InChI is InChI=1S/C28H25F2N3O5/c1-3-31-14-22(24(37)7-5-18-4-6-19(15-34)20(12-18)16-35)28(38)21-13-23(29)27(25(30)26(21)31)33-10-8-32(9-11-33)17(2)36/h4-7,12-16H,3,8-11H2,1-2H3. The lowest BCUT2D eigenvalue weighted by atomic mass is 10.0. The van der Waals surface area contributed by atoms with Gasteiger partial charge in [0.15, 0.2) is 24.2 Å². The van der Waals surface area contributed by atoms with E-state index in [1.165, 1.54) is 46.9 Å². The molecule has 1 amide bonds. The highest BCUT2D eigenvalue weighted by Gasteiger charge is 2.27. The summed E-state index contributed by atoms with van der Waals surface area (Å²) < 4.78 is 32.4. The quantitative estimate of drug-likeness (QED) is 0.268. The van der Waals surface area contributed by atoms with Crippen molar-refractivity contribution in [3.05, 3.63) is 80.6 Å². The number of aldehydes is 2. The zero-order valence-corrected chi connectivity index (χ0v) is 20.9. The average molecular weight is 522 g/mol. The van der Waals surface area contributed by atoms with Crippen molar-refractivity contribution in [3.63, 3.8) is 0 Å². The zero-order valence-electron chi connectivity index (χ0n) is 20.9. The number of carbonyl (C=O) groups is 4. The molecule has 0 N–H and O–H groups in total. The summed E-state index contributed by atoms with van der Waals surface area (Å²) in [7, 11) is 0. The van der Waals surface area contributed by atoms with Gasteiger partial charge in [0.05, 0.1) is 16.5 Å². The number of hydrogen-bond acceptors (Lipinski definition) is 6. The lowest BCUT2D eigenvalue weighted by Gasteiger charge is -2.36. The number of anilines is 1. The number of nitrogens with zero attached hydrogens (tertiary/aromatic N) is 3. The summed E-state index contributed by atoms with van der Waals surface area (Å²) in [4.78, 5) is 63.1. The van der Waals surface area contributed by atoms with Crippen LogP contribution in [0.15, 0.2) is 41.3 Å². The Kier molecular flexibility index (Phi) is 7.61. The molecular formula is C28H25F2N3O5. The van der Waals surface area contributed by atoms with Crippen molar-refractivity contribution in [2.45, 2.75) is 20.4 Å². The predicted molar refractivity (Wildman–Crippen MR) is 139 cm³/mol. The number of hydrogen-bond donors (Lipinski definition) is 0. The van der Waals surface area contributed by atoms with Gasteiger partial charge in [0.2, 0.25) is 11.3 Å². The van der Waals surface area contributed by atoms with Crippen LogP contribution in [-0.2, 0) is 11.3 Å². The molecule has 196 valence electrons. The van der Waals surface area contributed by atoms with E-state index in [0.717, 1.165) is 12.1 Å². The molecule has 0 bridgehead atoms. The molecule has 4 rings (SSSR count). The third-order valence-corrected chi connectivity index (χ3v) is 6.67. The molecule has 0 atom stereocenters. The van der Waals surface area contributed by atoms with E-state index in [4.69, 9.17) is 0 Å². The van der Waals surface area contributed by atoms with Gasteiger partial charge in [-0.05, 0) is 30.7 Å². The normalized spacial score (nSPS) is 13.8. The van der Waals surface area contributed by atoms with E-state index < -0.39 is 22.8 Å². The van der Waals surface area contributed by atoms with Gasteiger partial charge in [-0.3, -0.25) is 24.0 Å². The second kappa shape index (κ2) is 10.9. The number of halogens is 2. The first-order valence-corrected chi connectivity index (χ1v) is 12.0. The molecule has 1 aliphatic heterocycles. The van der Waals surface area contributed by atoms with E-state index in [9.17, 15) is 24.0 Å². The largest absolute Gasteiger partial charge is 0.363 e. The highest BCUT2D eigenvalue weighted by Crippen LogP contribution is 2.31. The number of amides is 1. The van der Waals surface area contributed by atoms with Crippen molar-refractivity contribution in [2.75, 3.05) is 31.1 Å². The summed E-state index contributed by atoms with van der Waals surface area (Å²) in [5, 5.41) is -0.259. The lowest BCUT2D eigenvalue weighted by Crippen LogP contribution is -2.48. The fourth-order valence-electron chi connectivity index (χ4n) is 4.60. The number of aromatic nitrogens is 1. The molecule has 0 spiro atoms. The van der Waals surface area contributed by atoms with Crippen LogP contribution in [0.3, 0.4) is 0 Å². The summed E-state index contributed by atoms with van der Waals surface area (Å²) in [5.41, 5.74) is -0.651. The van der Waals surface area contributed by atoms with Crippen molar-refractivity contribution < 1.29 is 28.0 Å². The Bertz CT molecular complexity index is 1550. The highest BCUT2D eigenvalue weighted by atomic mass is 19.1. The lowest BCUT2D eigenvalue weighted by molar-refractivity contribution is -0.129. The summed E-state index contributed by atoms with van der Waals surface area (Å²) in [6.45, 7) is 4.45. The Morgan fingerprint density at radius 3 is 2.29 bits per heavy atom.